The number of hydroxylamine groups is 2. The quantitative estimate of drug-likeness (QED) is 0.314. The highest BCUT2D eigenvalue weighted by atomic mass is 16.7. The van der Waals surface area contributed by atoms with Crippen molar-refractivity contribution >= 4 is 23.9 Å². The van der Waals surface area contributed by atoms with Crippen molar-refractivity contribution in [3.63, 3.8) is 0 Å². The lowest BCUT2D eigenvalue weighted by molar-refractivity contribution is -0.171. The predicted molar refractivity (Wildman–Crippen MR) is 150 cm³/mol. The Morgan fingerprint density at radius 1 is 0.756 bits per heavy atom. The van der Waals surface area contributed by atoms with E-state index in [0.29, 0.717) is 10.6 Å². The number of amides is 3. The highest BCUT2D eigenvalue weighted by Crippen LogP contribution is 2.44. The number of nitrogens with zero attached hydrogens (tertiary/aromatic N) is 1. The molecule has 0 bridgehead atoms. The van der Waals surface area contributed by atoms with Gasteiger partial charge in [-0.05, 0) is 53.8 Å². The molecule has 1 atom stereocenters. The van der Waals surface area contributed by atoms with E-state index in [2.05, 4.69) is 5.32 Å². The molecule has 0 aromatic heterocycles. The Balaban J connectivity index is 1.22. The SMILES string of the molecule is Cc1cc(C)cc(C(NC(=O)OCC2c3ccccc3-c3ccccc32)C(=O)ON2C(=O)c3ccccc3C2=O)c1. The molecule has 0 spiro atoms. The molecule has 6 rings (SSSR count). The van der Waals surface area contributed by atoms with Gasteiger partial charge in [0.15, 0.2) is 6.04 Å². The second kappa shape index (κ2) is 10.4. The number of carbonyl (C=O) groups is 4. The highest BCUT2D eigenvalue weighted by Gasteiger charge is 2.40. The Labute approximate surface area is 236 Å². The fraction of sp³-hybridized carbons (Fsp3) is 0.152. The number of imide groups is 1. The van der Waals surface area contributed by atoms with Gasteiger partial charge in [0.25, 0.3) is 11.8 Å². The summed E-state index contributed by atoms with van der Waals surface area (Å²) in [6, 6.07) is 26.2. The van der Waals surface area contributed by atoms with Crippen LogP contribution in [0.1, 0.15) is 60.5 Å². The first kappa shape index (κ1) is 26.0. The second-order valence-corrected chi connectivity index (χ2v) is 10.2. The molecule has 1 N–H and O–H groups in total. The maximum Gasteiger partial charge on any atom is 0.408 e. The number of benzene rings is 4. The highest BCUT2D eigenvalue weighted by molar-refractivity contribution is 6.21. The number of hydrogen-bond donors (Lipinski definition) is 1. The lowest BCUT2D eigenvalue weighted by Gasteiger charge is -2.22. The van der Waals surface area contributed by atoms with Gasteiger partial charge in [0, 0.05) is 5.92 Å². The minimum atomic E-state index is -1.34. The van der Waals surface area contributed by atoms with Gasteiger partial charge < -0.3 is 14.9 Å². The molecule has 8 heteroatoms. The Bertz CT molecular complexity index is 1630. The topological polar surface area (TPSA) is 102 Å². The average Bonchev–Trinajstić information content (AvgIpc) is 3.41. The monoisotopic (exact) mass is 546 g/mol. The third-order valence-electron chi connectivity index (χ3n) is 7.36. The van der Waals surface area contributed by atoms with E-state index in [4.69, 9.17) is 9.57 Å². The van der Waals surface area contributed by atoms with Gasteiger partial charge in [-0.3, -0.25) is 9.59 Å². The lowest BCUT2D eigenvalue weighted by atomic mass is 9.98. The summed E-state index contributed by atoms with van der Waals surface area (Å²) in [5, 5.41) is 3.03. The number of carbonyl (C=O) groups excluding carboxylic acids is 4. The first-order valence-electron chi connectivity index (χ1n) is 13.2. The summed E-state index contributed by atoms with van der Waals surface area (Å²) < 4.78 is 5.66. The molecule has 4 aromatic rings. The van der Waals surface area contributed by atoms with Crippen LogP contribution >= 0.6 is 0 Å². The van der Waals surface area contributed by atoms with Crippen molar-refractivity contribution in [3.05, 3.63) is 130 Å². The van der Waals surface area contributed by atoms with E-state index in [0.717, 1.165) is 33.4 Å². The van der Waals surface area contributed by atoms with E-state index in [1.807, 2.05) is 68.4 Å². The fourth-order valence-corrected chi connectivity index (χ4v) is 5.61. The van der Waals surface area contributed by atoms with Crippen molar-refractivity contribution in [1.82, 2.24) is 10.4 Å². The first-order valence-corrected chi connectivity index (χ1v) is 13.2. The van der Waals surface area contributed by atoms with Crippen LogP contribution in [-0.4, -0.2) is 35.5 Å². The van der Waals surface area contributed by atoms with Crippen molar-refractivity contribution in [3.8, 4) is 11.1 Å². The zero-order chi connectivity index (χ0) is 28.7. The van der Waals surface area contributed by atoms with E-state index < -0.39 is 29.9 Å². The smallest absolute Gasteiger partial charge is 0.408 e. The van der Waals surface area contributed by atoms with Gasteiger partial charge in [-0.1, -0.05) is 95.1 Å². The third-order valence-corrected chi connectivity index (χ3v) is 7.36. The molecule has 0 radical (unpaired) electrons. The molecule has 8 nitrogen and oxygen atoms in total. The van der Waals surface area contributed by atoms with Gasteiger partial charge in [-0.15, -0.1) is 0 Å². The fourth-order valence-electron chi connectivity index (χ4n) is 5.61. The van der Waals surface area contributed by atoms with Crippen LogP contribution in [-0.2, 0) is 14.4 Å². The van der Waals surface area contributed by atoms with Gasteiger partial charge in [0.1, 0.15) is 6.61 Å². The summed E-state index contributed by atoms with van der Waals surface area (Å²) in [6.45, 7) is 3.76. The van der Waals surface area contributed by atoms with Crippen molar-refractivity contribution < 1.29 is 28.8 Å². The van der Waals surface area contributed by atoms with Gasteiger partial charge >= 0.3 is 12.1 Å². The molecule has 2 aliphatic rings. The summed E-state index contributed by atoms with van der Waals surface area (Å²) in [5.41, 5.74) is 6.70. The number of fused-ring (bicyclic) bond motifs is 4. The van der Waals surface area contributed by atoms with Crippen LogP contribution < -0.4 is 5.32 Å². The summed E-state index contributed by atoms with van der Waals surface area (Å²) in [5.74, 6) is -2.67. The minimum absolute atomic E-state index is 0.0485. The second-order valence-electron chi connectivity index (χ2n) is 10.2. The molecule has 0 saturated heterocycles. The molecule has 204 valence electrons. The van der Waals surface area contributed by atoms with Gasteiger partial charge in [0.2, 0.25) is 0 Å². The van der Waals surface area contributed by atoms with Crippen LogP contribution in [0.4, 0.5) is 4.79 Å². The molecule has 1 aliphatic heterocycles. The van der Waals surface area contributed by atoms with E-state index in [-0.39, 0.29) is 23.7 Å². The summed E-state index contributed by atoms with van der Waals surface area (Å²) in [7, 11) is 0. The number of rotatable bonds is 6. The Morgan fingerprint density at radius 3 is 1.78 bits per heavy atom. The number of hydrogen-bond acceptors (Lipinski definition) is 6. The molecule has 1 unspecified atom stereocenters. The lowest BCUT2D eigenvalue weighted by Crippen LogP contribution is -2.40. The number of ether oxygens (including phenoxy) is 1. The van der Waals surface area contributed by atoms with Crippen molar-refractivity contribution in [1.29, 1.82) is 0 Å². The largest absolute Gasteiger partial charge is 0.449 e. The van der Waals surface area contributed by atoms with Gasteiger partial charge in [-0.2, -0.15) is 0 Å². The molecule has 0 saturated carbocycles. The molecule has 1 aliphatic carbocycles. The van der Waals surface area contributed by atoms with Crippen LogP contribution in [0.2, 0.25) is 0 Å². The van der Waals surface area contributed by atoms with Crippen LogP contribution in [0.5, 0.6) is 0 Å². The summed E-state index contributed by atoms with van der Waals surface area (Å²) in [6.07, 6.45) is -0.838. The third kappa shape index (κ3) is 4.74. The maximum absolute atomic E-state index is 13.4. The zero-order valence-electron chi connectivity index (χ0n) is 22.4. The molecule has 1 heterocycles. The predicted octanol–water partition coefficient (Wildman–Crippen LogP) is 5.64. The number of aryl methyl sites for hydroxylation is 2. The molecule has 41 heavy (non-hydrogen) atoms. The van der Waals surface area contributed by atoms with E-state index in [1.165, 1.54) is 12.1 Å². The molecule has 0 fully saturated rings. The molecular weight excluding hydrogens is 520 g/mol. The summed E-state index contributed by atoms with van der Waals surface area (Å²) in [4.78, 5) is 57.5. The summed E-state index contributed by atoms with van der Waals surface area (Å²) >= 11 is 0. The van der Waals surface area contributed by atoms with Crippen LogP contribution in [0.3, 0.4) is 0 Å². The minimum Gasteiger partial charge on any atom is -0.449 e. The van der Waals surface area contributed by atoms with Gasteiger partial charge in [-0.25, -0.2) is 9.59 Å². The van der Waals surface area contributed by atoms with Crippen LogP contribution in [0, 0.1) is 13.8 Å². The normalized spacial score (nSPS) is 14.2. The van der Waals surface area contributed by atoms with Gasteiger partial charge in [0.05, 0.1) is 11.1 Å². The van der Waals surface area contributed by atoms with E-state index in [9.17, 15) is 19.2 Å². The first-order chi connectivity index (χ1) is 19.8. The van der Waals surface area contributed by atoms with E-state index >= 15 is 0 Å². The number of nitrogens with one attached hydrogen (secondary N) is 1. The average molecular weight is 547 g/mol. The Hall–Kier alpha value is -5.24. The number of alkyl carbamates (subject to hydrolysis) is 1. The molecule has 4 aromatic carbocycles. The van der Waals surface area contributed by atoms with Crippen LogP contribution in [0.25, 0.3) is 11.1 Å². The maximum atomic E-state index is 13.4. The zero-order valence-corrected chi connectivity index (χ0v) is 22.4. The Kier molecular flexibility index (Phi) is 6.59. The molecular formula is C33H26N2O6. The standard InChI is InChI=1S/C33H26N2O6/c1-19-15-20(2)17-21(16-19)29(32(38)41-35-30(36)26-13-7-8-14-27(26)31(35)37)34-33(39)40-18-28-24-11-5-3-9-22(24)23-10-4-6-12-25(23)28/h3-17,28-29H,18H2,1-2H3,(H,34,39). The van der Waals surface area contributed by atoms with Crippen molar-refractivity contribution in [2.75, 3.05) is 6.61 Å². The molecule has 3 amide bonds. The Morgan fingerprint density at radius 2 is 1.24 bits per heavy atom. The van der Waals surface area contributed by atoms with Crippen LogP contribution in [0.15, 0.2) is 91.0 Å². The van der Waals surface area contributed by atoms with Crippen molar-refractivity contribution in [2.45, 2.75) is 25.8 Å². The van der Waals surface area contributed by atoms with Crippen molar-refractivity contribution in [2.24, 2.45) is 0 Å². The van der Waals surface area contributed by atoms with E-state index in [1.54, 1.807) is 24.3 Å².